The van der Waals surface area contributed by atoms with Crippen LogP contribution in [0.2, 0.25) is 5.02 Å². The number of carbonyl (C=O) groups excluding carboxylic acids is 1. The first-order valence-corrected chi connectivity index (χ1v) is 11.9. The highest BCUT2D eigenvalue weighted by Crippen LogP contribution is 2.48. The van der Waals surface area contributed by atoms with Crippen molar-refractivity contribution >= 4 is 34.6 Å². The van der Waals surface area contributed by atoms with Crippen molar-refractivity contribution in [1.82, 2.24) is 34.6 Å². The lowest BCUT2D eigenvalue weighted by molar-refractivity contribution is -0.134. The van der Waals surface area contributed by atoms with Crippen molar-refractivity contribution in [3.8, 4) is 0 Å². The van der Waals surface area contributed by atoms with E-state index in [2.05, 4.69) is 26.9 Å². The van der Waals surface area contributed by atoms with Gasteiger partial charge in [-0.05, 0) is 45.4 Å². The molecule has 10 heteroatoms. The highest BCUT2D eigenvalue weighted by molar-refractivity contribution is 6.30. The minimum atomic E-state index is -0.278. The maximum absolute atomic E-state index is 13.0. The second kappa shape index (κ2) is 7.43. The molecule has 6 rings (SSSR count). The van der Waals surface area contributed by atoms with Gasteiger partial charge in [-0.2, -0.15) is 10.1 Å². The van der Waals surface area contributed by atoms with Crippen LogP contribution in [0.3, 0.4) is 0 Å². The van der Waals surface area contributed by atoms with Crippen LogP contribution >= 0.6 is 11.6 Å². The van der Waals surface area contributed by atoms with Gasteiger partial charge in [0.05, 0.1) is 23.3 Å². The molecule has 0 spiro atoms. The number of halogens is 1. The summed E-state index contributed by atoms with van der Waals surface area (Å²) < 4.78 is 1.89. The molecule has 0 radical (unpaired) electrons. The number of imidazole rings is 1. The molecule has 1 amide bonds. The molecular formula is C22H27ClN8O. The number of nitrogens with one attached hydrogen (secondary N) is 1. The van der Waals surface area contributed by atoms with Gasteiger partial charge in [-0.3, -0.25) is 9.48 Å². The van der Waals surface area contributed by atoms with E-state index in [1.54, 1.807) is 12.4 Å². The van der Waals surface area contributed by atoms with Gasteiger partial charge < -0.3 is 14.8 Å². The summed E-state index contributed by atoms with van der Waals surface area (Å²) in [4.78, 5) is 34.8. The van der Waals surface area contributed by atoms with Crippen molar-refractivity contribution in [3.05, 3.63) is 29.4 Å². The first-order valence-electron chi connectivity index (χ1n) is 11.5. The maximum Gasteiger partial charge on any atom is 0.227 e. The Hall–Kier alpha value is -2.68. The van der Waals surface area contributed by atoms with Gasteiger partial charge in [-0.15, -0.1) is 0 Å². The normalized spacial score (nSPS) is 24.9. The molecule has 2 atom stereocenters. The molecule has 1 N–H and O–H groups in total. The largest absolute Gasteiger partial charge is 0.342 e. The maximum atomic E-state index is 13.0. The Kier molecular flexibility index (Phi) is 4.64. The summed E-state index contributed by atoms with van der Waals surface area (Å²) >= 11 is 6.09. The van der Waals surface area contributed by atoms with Crippen molar-refractivity contribution < 1.29 is 4.79 Å². The quantitative estimate of drug-likeness (QED) is 0.651. The summed E-state index contributed by atoms with van der Waals surface area (Å²) in [5.41, 5.74) is 1.18. The Morgan fingerprint density at radius 3 is 2.72 bits per heavy atom. The van der Waals surface area contributed by atoms with E-state index in [9.17, 15) is 4.79 Å². The van der Waals surface area contributed by atoms with Crippen molar-refractivity contribution in [2.24, 2.45) is 5.92 Å². The average molecular weight is 455 g/mol. The van der Waals surface area contributed by atoms with Crippen LogP contribution in [0.25, 0.3) is 11.2 Å². The number of rotatable bonds is 4. The van der Waals surface area contributed by atoms with Crippen molar-refractivity contribution in [2.45, 2.75) is 57.0 Å². The molecular weight excluding hydrogens is 428 g/mol. The van der Waals surface area contributed by atoms with Crippen molar-refractivity contribution in [3.63, 3.8) is 0 Å². The number of piperidine rings is 1. The number of amides is 1. The van der Waals surface area contributed by atoms with Crippen LogP contribution < -0.4 is 4.90 Å². The van der Waals surface area contributed by atoms with E-state index in [0.29, 0.717) is 23.6 Å². The van der Waals surface area contributed by atoms with Crippen molar-refractivity contribution in [2.75, 3.05) is 24.5 Å². The summed E-state index contributed by atoms with van der Waals surface area (Å²) in [5, 5.41) is 5.02. The van der Waals surface area contributed by atoms with Gasteiger partial charge in [-0.1, -0.05) is 11.6 Å². The number of fused-ring (bicyclic) bond motifs is 1. The molecule has 0 bridgehead atoms. The number of H-pyrrole nitrogens is 1. The number of likely N-dealkylation sites (tertiary alicyclic amines) is 1. The molecule has 0 aromatic carbocycles. The molecule has 1 saturated carbocycles. The number of carbonyl (C=O) groups is 1. The van der Waals surface area contributed by atoms with Crippen LogP contribution in [0.15, 0.2) is 18.6 Å². The number of aromatic amines is 1. The first-order chi connectivity index (χ1) is 15.5. The molecule has 3 aliphatic rings. The SMILES string of the molecule is C[C@@H]1CC[C@H](C(=O)N2CCCC2)CN1c1ncc2nc(C3(n4cc(Cl)cn4)CC3)[nH]c2n1. The number of anilines is 1. The van der Waals surface area contributed by atoms with Gasteiger partial charge in [0.2, 0.25) is 11.9 Å². The standard InChI is InChI=1S/C22H27ClN8O/c1-14-4-5-15(19(32)29-8-2-3-9-29)12-30(14)21-24-11-17-18(28-21)27-20(26-17)22(6-7-22)31-13-16(23)10-25-31/h10-11,13-15H,2-9,12H2,1H3,(H,24,26,27,28)/t14-,15+/m1/s1. The molecule has 32 heavy (non-hydrogen) atoms. The number of hydrogen-bond donors (Lipinski definition) is 1. The lowest BCUT2D eigenvalue weighted by Gasteiger charge is -2.38. The van der Waals surface area contributed by atoms with Crippen LogP contribution in [0.5, 0.6) is 0 Å². The van der Waals surface area contributed by atoms with E-state index in [0.717, 1.165) is 68.6 Å². The average Bonchev–Trinajstić information content (AvgIpc) is 3.18. The summed E-state index contributed by atoms with van der Waals surface area (Å²) in [6.07, 6.45) is 11.3. The van der Waals surface area contributed by atoms with Gasteiger partial charge in [0.15, 0.2) is 5.65 Å². The van der Waals surface area contributed by atoms with E-state index in [4.69, 9.17) is 21.6 Å². The van der Waals surface area contributed by atoms with E-state index in [1.165, 1.54) is 0 Å². The number of nitrogens with zero attached hydrogens (tertiary/aromatic N) is 7. The third-order valence-electron chi connectivity index (χ3n) is 7.29. The predicted molar refractivity (Wildman–Crippen MR) is 121 cm³/mol. The molecule has 5 heterocycles. The second-order valence-corrected chi connectivity index (χ2v) is 9.87. The molecule has 2 saturated heterocycles. The summed E-state index contributed by atoms with van der Waals surface area (Å²) in [6.45, 7) is 4.64. The van der Waals surface area contributed by atoms with Gasteiger partial charge in [0, 0.05) is 31.9 Å². The Bertz CT molecular complexity index is 1160. The number of aromatic nitrogens is 6. The third kappa shape index (κ3) is 3.25. The van der Waals surface area contributed by atoms with Gasteiger partial charge in [0.1, 0.15) is 16.9 Å². The van der Waals surface area contributed by atoms with E-state index in [1.807, 2.05) is 15.8 Å². The van der Waals surface area contributed by atoms with Crippen LogP contribution in [0.1, 0.15) is 51.3 Å². The second-order valence-electron chi connectivity index (χ2n) is 9.43. The smallest absolute Gasteiger partial charge is 0.227 e. The van der Waals surface area contributed by atoms with E-state index < -0.39 is 0 Å². The third-order valence-corrected chi connectivity index (χ3v) is 7.48. The lowest BCUT2D eigenvalue weighted by Crippen LogP contribution is -2.48. The first kappa shape index (κ1) is 20.0. The number of hydrogen-bond acceptors (Lipinski definition) is 6. The highest BCUT2D eigenvalue weighted by Gasteiger charge is 2.50. The zero-order valence-electron chi connectivity index (χ0n) is 18.2. The monoisotopic (exact) mass is 454 g/mol. The minimum Gasteiger partial charge on any atom is -0.342 e. The Morgan fingerprint density at radius 1 is 1.19 bits per heavy atom. The van der Waals surface area contributed by atoms with Crippen molar-refractivity contribution in [1.29, 1.82) is 0 Å². The fourth-order valence-corrected chi connectivity index (χ4v) is 5.31. The molecule has 0 unspecified atom stereocenters. The van der Waals surface area contributed by atoms with Crippen LogP contribution in [0.4, 0.5) is 5.95 Å². The molecule has 9 nitrogen and oxygen atoms in total. The summed E-state index contributed by atoms with van der Waals surface area (Å²) in [5.74, 6) is 1.80. The van der Waals surface area contributed by atoms with Gasteiger partial charge in [-0.25, -0.2) is 9.97 Å². The summed E-state index contributed by atoms with van der Waals surface area (Å²) in [7, 11) is 0. The van der Waals surface area contributed by atoms with Gasteiger partial charge in [0.25, 0.3) is 0 Å². The lowest BCUT2D eigenvalue weighted by atomic mass is 9.92. The molecule has 3 aromatic heterocycles. The molecule has 2 aliphatic heterocycles. The fraction of sp³-hybridized carbons (Fsp3) is 0.591. The Balaban J connectivity index is 1.27. The van der Waals surface area contributed by atoms with E-state index in [-0.39, 0.29) is 17.4 Å². The van der Waals surface area contributed by atoms with Crippen LogP contribution in [0, 0.1) is 5.92 Å². The van der Waals surface area contributed by atoms with E-state index >= 15 is 0 Å². The summed E-state index contributed by atoms with van der Waals surface area (Å²) in [6, 6.07) is 0.290. The zero-order chi connectivity index (χ0) is 21.9. The zero-order valence-corrected chi connectivity index (χ0v) is 18.9. The topological polar surface area (TPSA) is 95.8 Å². The predicted octanol–water partition coefficient (Wildman–Crippen LogP) is 2.97. The minimum absolute atomic E-state index is 0.0141. The molecule has 3 aromatic rings. The molecule has 168 valence electrons. The highest BCUT2D eigenvalue weighted by atomic mass is 35.5. The Labute approximate surface area is 191 Å². The van der Waals surface area contributed by atoms with Crippen LogP contribution in [-0.4, -0.2) is 66.2 Å². The van der Waals surface area contributed by atoms with Gasteiger partial charge >= 0.3 is 0 Å². The molecule has 3 fully saturated rings. The Morgan fingerprint density at radius 2 is 2.00 bits per heavy atom. The molecule has 1 aliphatic carbocycles. The fourth-order valence-electron chi connectivity index (χ4n) is 5.17. The van der Waals surface area contributed by atoms with Crippen LogP contribution in [-0.2, 0) is 10.3 Å².